The standard InChI is InChI=1S/C19H26N4O3/c1-4-26-19(25)22-9-7-21(8-10-22)18(24)12-15-5-6-17-16(11-15)20-13-23(17)14(2)3/h5-6,11,13-14H,4,7-10,12H2,1-3H3. The summed E-state index contributed by atoms with van der Waals surface area (Å²) in [5.74, 6) is 0.0798. The number of piperazine rings is 1. The van der Waals surface area contributed by atoms with Gasteiger partial charge < -0.3 is 19.1 Å². The maximum atomic E-state index is 12.6. The quantitative estimate of drug-likeness (QED) is 0.842. The van der Waals surface area contributed by atoms with Gasteiger partial charge in [0.15, 0.2) is 0 Å². The third-order valence-corrected chi connectivity index (χ3v) is 4.71. The molecule has 0 N–H and O–H groups in total. The first-order valence-electron chi connectivity index (χ1n) is 9.14. The van der Waals surface area contributed by atoms with Gasteiger partial charge >= 0.3 is 6.09 Å². The Kier molecular flexibility index (Phi) is 5.44. The second kappa shape index (κ2) is 7.76. The highest BCUT2D eigenvalue weighted by atomic mass is 16.6. The number of aromatic nitrogens is 2. The normalized spacial score (nSPS) is 14.9. The summed E-state index contributed by atoms with van der Waals surface area (Å²) in [6.45, 7) is 8.52. The van der Waals surface area contributed by atoms with E-state index in [1.54, 1.807) is 11.8 Å². The van der Waals surface area contributed by atoms with Gasteiger partial charge in [-0.2, -0.15) is 0 Å². The van der Waals surface area contributed by atoms with Crippen molar-refractivity contribution in [2.45, 2.75) is 33.2 Å². The molecule has 1 aliphatic rings. The summed E-state index contributed by atoms with van der Waals surface area (Å²) in [6.07, 6.45) is 1.89. The second-order valence-corrected chi connectivity index (χ2v) is 6.81. The number of ether oxygens (including phenoxy) is 1. The van der Waals surface area contributed by atoms with Gasteiger partial charge in [0.1, 0.15) is 0 Å². The van der Waals surface area contributed by atoms with Crippen LogP contribution >= 0.6 is 0 Å². The second-order valence-electron chi connectivity index (χ2n) is 6.81. The molecule has 7 nitrogen and oxygen atoms in total. The molecular weight excluding hydrogens is 332 g/mol. The van der Waals surface area contributed by atoms with Gasteiger partial charge in [-0.3, -0.25) is 4.79 Å². The van der Waals surface area contributed by atoms with Crippen LogP contribution in [0.15, 0.2) is 24.5 Å². The van der Waals surface area contributed by atoms with Crippen LogP contribution in [0.25, 0.3) is 11.0 Å². The van der Waals surface area contributed by atoms with Gasteiger partial charge in [-0.1, -0.05) is 6.07 Å². The summed E-state index contributed by atoms with van der Waals surface area (Å²) < 4.78 is 7.13. The van der Waals surface area contributed by atoms with Crippen molar-refractivity contribution < 1.29 is 14.3 Å². The minimum absolute atomic E-state index is 0.0798. The first-order valence-corrected chi connectivity index (χ1v) is 9.14. The van der Waals surface area contributed by atoms with Gasteiger partial charge in [0.05, 0.1) is 30.4 Å². The van der Waals surface area contributed by atoms with Crippen molar-refractivity contribution in [3.05, 3.63) is 30.1 Å². The highest BCUT2D eigenvalue weighted by Crippen LogP contribution is 2.19. The van der Waals surface area contributed by atoms with Crippen molar-refractivity contribution in [3.8, 4) is 0 Å². The largest absolute Gasteiger partial charge is 0.450 e. The molecule has 140 valence electrons. The Bertz CT molecular complexity index is 791. The van der Waals surface area contributed by atoms with Crippen molar-refractivity contribution in [1.82, 2.24) is 19.4 Å². The zero-order valence-electron chi connectivity index (χ0n) is 15.6. The molecule has 1 saturated heterocycles. The van der Waals surface area contributed by atoms with E-state index in [1.807, 2.05) is 29.4 Å². The van der Waals surface area contributed by atoms with E-state index in [0.717, 1.165) is 16.6 Å². The molecule has 1 aromatic heterocycles. The lowest BCUT2D eigenvalue weighted by Gasteiger charge is -2.34. The summed E-state index contributed by atoms with van der Waals surface area (Å²) in [5.41, 5.74) is 2.96. The van der Waals surface area contributed by atoms with Crippen LogP contribution < -0.4 is 0 Å². The smallest absolute Gasteiger partial charge is 0.409 e. The number of hydrogen-bond acceptors (Lipinski definition) is 4. The molecule has 0 bridgehead atoms. The van der Waals surface area contributed by atoms with E-state index < -0.39 is 0 Å². The fourth-order valence-corrected chi connectivity index (χ4v) is 3.24. The lowest BCUT2D eigenvalue weighted by atomic mass is 10.1. The Morgan fingerprint density at radius 1 is 1.15 bits per heavy atom. The van der Waals surface area contributed by atoms with E-state index in [0.29, 0.717) is 45.2 Å². The van der Waals surface area contributed by atoms with Gasteiger partial charge in [-0.05, 0) is 38.5 Å². The Balaban J connectivity index is 1.60. The zero-order valence-corrected chi connectivity index (χ0v) is 15.6. The minimum Gasteiger partial charge on any atom is -0.450 e. The lowest BCUT2D eigenvalue weighted by Crippen LogP contribution is -2.51. The topological polar surface area (TPSA) is 67.7 Å². The Hall–Kier alpha value is -2.57. The Morgan fingerprint density at radius 3 is 2.50 bits per heavy atom. The molecule has 0 radical (unpaired) electrons. The third kappa shape index (κ3) is 3.81. The van der Waals surface area contributed by atoms with Gasteiger partial charge in [-0.15, -0.1) is 0 Å². The van der Waals surface area contributed by atoms with Crippen LogP contribution in [0.5, 0.6) is 0 Å². The number of nitrogens with zero attached hydrogens (tertiary/aromatic N) is 4. The number of carbonyl (C=O) groups is 2. The minimum atomic E-state index is -0.300. The van der Waals surface area contributed by atoms with Crippen LogP contribution in [0.2, 0.25) is 0 Å². The first kappa shape index (κ1) is 18.2. The van der Waals surface area contributed by atoms with Crippen LogP contribution in [-0.4, -0.2) is 64.1 Å². The van der Waals surface area contributed by atoms with Gasteiger partial charge in [0, 0.05) is 32.2 Å². The highest BCUT2D eigenvalue weighted by Gasteiger charge is 2.24. The SMILES string of the molecule is CCOC(=O)N1CCN(C(=O)Cc2ccc3c(c2)ncn3C(C)C)CC1. The average Bonchev–Trinajstić information content (AvgIpc) is 3.05. The number of fused-ring (bicyclic) bond motifs is 1. The van der Waals surface area contributed by atoms with Crippen LogP contribution in [0.4, 0.5) is 4.79 Å². The summed E-state index contributed by atoms with van der Waals surface area (Å²) in [5, 5.41) is 0. The predicted octanol–water partition coefficient (Wildman–Crippen LogP) is 2.46. The molecule has 1 fully saturated rings. The molecule has 0 atom stereocenters. The molecular formula is C19H26N4O3. The van der Waals surface area contributed by atoms with E-state index in [2.05, 4.69) is 23.4 Å². The fourth-order valence-electron chi connectivity index (χ4n) is 3.24. The van der Waals surface area contributed by atoms with E-state index >= 15 is 0 Å². The van der Waals surface area contributed by atoms with Gasteiger partial charge in [-0.25, -0.2) is 9.78 Å². The number of imidazole rings is 1. The summed E-state index contributed by atoms with van der Waals surface area (Å²) in [7, 11) is 0. The fraction of sp³-hybridized carbons (Fsp3) is 0.526. The van der Waals surface area contributed by atoms with E-state index in [-0.39, 0.29) is 12.0 Å². The van der Waals surface area contributed by atoms with Crippen LogP contribution in [0, 0.1) is 0 Å². The summed E-state index contributed by atoms with van der Waals surface area (Å²) in [4.78, 5) is 32.2. The van der Waals surface area contributed by atoms with Crippen molar-refractivity contribution in [2.24, 2.45) is 0 Å². The average molecular weight is 358 g/mol. The molecule has 26 heavy (non-hydrogen) atoms. The lowest BCUT2D eigenvalue weighted by molar-refractivity contribution is -0.132. The van der Waals surface area contributed by atoms with Gasteiger partial charge in [0.25, 0.3) is 0 Å². The number of rotatable bonds is 4. The Labute approximate surface area is 153 Å². The number of hydrogen-bond donors (Lipinski definition) is 0. The summed E-state index contributed by atoms with van der Waals surface area (Å²) >= 11 is 0. The molecule has 2 heterocycles. The van der Waals surface area contributed by atoms with Crippen molar-refractivity contribution in [2.75, 3.05) is 32.8 Å². The maximum absolute atomic E-state index is 12.6. The van der Waals surface area contributed by atoms with E-state index in [4.69, 9.17) is 4.74 Å². The molecule has 3 rings (SSSR count). The zero-order chi connectivity index (χ0) is 18.7. The van der Waals surface area contributed by atoms with E-state index in [9.17, 15) is 9.59 Å². The molecule has 0 unspecified atom stereocenters. The molecule has 1 aromatic carbocycles. The maximum Gasteiger partial charge on any atom is 0.409 e. The predicted molar refractivity (Wildman–Crippen MR) is 99.0 cm³/mol. The molecule has 0 spiro atoms. The van der Waals surface area contributed by atoms with E-state index in [1.165, 1.54) is 0 Å². The van der Waals surface area contributed by atoms with Crippen LogP contribution in [-0.2, 0) is 16.0 Å². The monoisotopic (exact) mass is 358 g/mol. The number of carbonyl (C=O) groups excluding carboxylic acids is 2. The van der Waals surface area contributed by atoms with Crippen molar-refractivity contribution in [1.29, 1.82) is 0 Å². The van der Waals surface area contributed by atoms with Crippen molar-refractivity contribution >= 4 is 23.0 Å². The van der Waals surface area contributed by atoms with Gasteiger partial charge in [0.2, 0.25) is 5.91 Å². The molecule has 0 saturated carbocycles. The highest BCUT2D eigenvalue weighted by molar-refractivity contribution is 5.82. The van der Waals surface area contributed by atoms with Crippen LogP contribution in [0.1, 0.15) is 32.4 Å². The molecule has 2 aromatic rings. The molecule has 0 aliphatic carbocycles. The number of amides is 2. The van der Waals surface area contributed by atoms with Crippen molar-refractivity contribution in [3.63, 3.8) is 0 Å². The first-order chi connectivity index (χ1) is 12.5. The molecule has 7 heteroatoms. The Morgan fingerprint density at radius 2 is 1.85 bits per heavy atom. The molecule has 2 amide bonds. The molecule has 1 aliphatic heterocycles. The summed E-state index contributed by atoms with van der Waals surface area (Å²) in [6, 6.07) is 6.36. The number of benzene rings is 1. The third-order valence-electron chi connectivity index (χ3n) is 4.71. The van der Waals surface area contributed by atoms with Crippen LogP contribution in [0.3, 0.4) is 0 Å².